The van der Waals surface area contributed by atoms with Crippen molar-refractivity contribution in [1.29, 1.82) is 0 Å². The van der Waals surface area contributed by atoms with E-state index < -0.39 is 0 Å². The fraction of sp³-hybridized carbons (Fsp3) is 0.217. The molecule has 29 heavy (non-hydrogen) atoms. The van der Waals surface area contributed by atoms with Gasteiger partial charge in [-0.15, -0.1) is 0 Å². The highest BCUT2D eigenvalue weighted by molar-refractivity contribution is 5.92. The van der Waals surface area contributed by atoms with Gasteiger partial charge < -0.3 is 19.5 Å². The van der Waals surface area contributed by atoms with E-state index in [1.54, 1.807) is 7.11 Å². The number of fused-ring (bicyclic) bond motifs is 1. The number of hydrogen-bond donors (Lipinski definition) is 1. The smallest absolute Gasteiger partial charge is 0.147 e. The lowest BCUT2D eigenvalue weighted by molar-refractivity contribution is 0.415. The van der Waals surface area contributed by atoms with E-state index in [1.807, 2.05) is 42.9 Å². The van der Waals surface area contributed by atoms with E-state index in [2.05, 4.69) is 44.0 Å². The van der Waals surface area contributed by atoms with E-state index in [-0.39, 0.29) is 0 Å². The van der Waals surface area contributed by atoms with Crippen LogP contribution in [0.1, 0.15) is 0 Å². The molecule has 1 aliphatic rings. The van der Waals surface area contributed by atoms with Gasteiger partial charge in [-0.05, 0) is 42.5 Å². The van der Waals surface area contributed by atoms with Gasteiger partial charge in [0.05, 0.1) is 25.2 Å². The number of rotatable bonds is 4. The molecule has 3 heterocycles. The van der Waals surface area contributed by atoms with Gasteiger partial charge in [0.2, 0.25) is 0 Å². The highest BCUT2D eigenvalue weighted by Gasteiger charge is 2.20. The molecule has 0 unspecified atom stereocenters. The zero-order valence-electron chi connectivity index (χ0n) is 16.4. The van der Waals surface area contributed by atoms with Crippen LogP contribution in [0.3, 0.4) is 0 Å². The third-order valence-corrected chi connectivity index (χ3v) is 5.52. The number of nitrogens with one attached hydrogen (secondary N) is 1. The molecule has 0 atom stereocenters. The van der Waals surface area contributed by atoms with Gasteiger partial charge in [0.15, 0.2) is 0 Å². The summed E-state index contributed by atoms with van der Waals surface area (Å²) in [6.45, 7) is 3.75. The third kappa shape index (κ3) is 3.38. The molecule has 0 radical (unpaired) electrons. The van der Waals surface area contributed by atoms with Gasteiger partial charge in [0.25, 0.3) is 0 Å². The summed E-state index contributed by atoms with van der Waals surface area (Å²) < 4.78 is 5.24. The second-order valence-electron chi connectivity index (χ2n) is 7.18. The number of nitrogens with zero attached hydrogens (tertiary/aromatic N) is 4. The van der Waals surface area contributed by atoms with Crippen molar-refractivity contribution in [3.8, 4) is 17.0 Å². The molecule has 2 aromatic carbocycles. The van der Waals surface area contributed by atoms with E-state index >= 15 is 0 Å². The molecule has 4 aromatic rings. The summed E-state index contributed by atoms with van der Waals surface area (Å²) in [5, 5.41) is 1.28. The third-order valence-electron chi connectivity index (χ3n) is 5.52. The van der Waals surface area contributed by atoms with E-state index in [4.69, 9.17) is 9.72 Å². The van der Waals surface area contributed by atoms with Crippen molar-refractivity contribution in [2.24, 2.45) is 0 Å². The highest BCUT2D eigenvalue weighted by Crippen LogP contribution is 2.28. The Kier molecular flexibility index (Phi) is 4.52. The van der Waals surface area contributed by atoms with Gasteiger partial charge in [0, 0.05) is 54.5 Å². The zero-order chi connectivity index (χ0) is 19.6. The average molecular weight is 385 g/mol. The molecule has 6 heteroatoms. The Bertz CT molecular complexity index is 1110. The first-order chi connectivity index (χ1) is 14.3. The molecule has 0 aliphatic carbocycles. The molecule has 0 saturated carbocycles. The molecule has 6 nitrogen and oxygen atoms in total. The molecule has 2 aromatic heterocycles. The monoisotopic (exact) mass is 385 g/mol. The van der Waals surface area contributed by atoms with E-state index in [9.17, 15) is 0 Å². The molecule has 0 amide bonds. The van der Waals surface area contributed by atoms with Gasteiger partial charge in [-0.2, -0.15) is 0 Å². The van der Waals surface area contributed by atoms with E-state index in [0.29, 0.717) is 0 Å². The minimum Gasteiger partial charge on any atom is -0.497 e. The first-order valence-electron chi connectivity index (χ1n) is 9.84. The van der Waals surface area contributed by atoms with Crippen LogP contribution in [0.5, 0.6) is 5.75 Å². The van der Waals surface area contributed by atoms with Crippen molar-refractivity contribution in [2.75, 3.05) is 43.1 Å². The van der Waals surface area contributed by atoms with Crippen molar-refractivity contribution >= 4 is 22.4 Å². The number of anilines is 2. The molecule has 1 saturated heterocycles. The largest absolute Gasteiger partial charge is 0.497 e. The van der Waals surface area contributed by atoms with Crippen LogP contribution in [0.2, 0.25) is 0 Å². The van der Waals surface area contributed by atoms with Crippen LogP contribution in [0.25, 0.3) is 22.2 Å². The summed E-state index contributed by atoms with van der Waals surface area (Å²) in [6, 6.07) is 16.5. The quantitative estimate of drug-likeness (QED) is 0.576. The number of aromatic amines is 1. The lowest BCUT2D eigenvalue weighted by Gasteiger charge is -2.37. The molecule has 0 bridgehead atoms. The fourth-order valence-corrected chi connectivity index (χ4v) is 3.93. The number of aromatic nitrogens is 3. The molecule has 0 spiro atoms. The molecule has 146 valence electrons. The van der Waals surface area contributed by atoms with Crippen molar-refractivity contribution in [3.05, 3.63) is 67.1 Å². The first-order valence-corrected chi connectivity index (χ1v) is 9.84. The minimum atomic E-state index is 0.839. The van der Waals surface area contributed by atoms with Crippen molar-refractivity contribution in [3.63, 3.8) is 0 Å². The predicted octanol–water partition coefficient (Wildman–Crippen LogP) is 3.96. The Morgan fingerprint density at radius 3 is 2.48 bits per heavy atom. The van der Waals surface area contributed by atoms with E-state index in [1.165, 1.54) is 16.6 Å². The molecule has 1 aliphatic heterocycles. The number of piperazine rings is 1. The van der Waals surface area contributed by atoms with Gasteiger partial charge in [-0.1, -0.05) is 6.07 Å². The molecular weight excluding hydrogens is 362 g/mol. The molecule has 5 rings (SSSR count). The number of benzene rings is 2. The fourth-order valence-electron chi connectivity index (χ4n) is 3.93. The van der Waals surface area contributed by atoms with Crippen molar-refractivity contribution in [2.45, 2.75) is 0 Å². The zero-order valence-corrected chi connectivity index (χ0v) is 16.4. The van der Waals surface area contributed by atoms with Crippen LogP contribution < -0.4 is 14.5 Å². The first kappa shape index (κ1) is 17.6. The van der Waals surface area contributed by atoms with Crippen LogP contribution in [-0.2, 0) is 0 Å². The predicted molar refractivity (Wildman–Crippen MR) is 117 cm³/mol. The Hall–Kier alpha value is -3.54. The second-order valence-corrected chi connectivity index (χ2v) is 7.18. The van der Waals surface area contributed by atoms with Gasteiger partial charge in [0.1, 0.15) is 11.6 Å². The summed E-state index contributed by atoms with van der Waals surface area (Å²) in [5.41, 5.74) is 4.40. The maximum Gasteiger partial charge on any atom is 0.147 e. The summed E-state index contributed by atoms with van der Waals surface area (Å²) in [4.78, 5) is 17.4. The van der Waals surface area contributed by atoms with Crippen molar-refractivity contribution < 1.29 is 4.74 Å². The van der Waals surface area contributed by atoms with Gasteiger partial charge in [-0.25, -0.2) is 4.98 Å². The van der Waals surface area contributed by atoms with Crippen LogP contribution in [0.4, 0.5) is 11.5 Å². The maximum atomic E-state index is 5.24. The average Bonchev–Trinajstić information content (AvgIpc) is 3.28. The van der Waals surface area contributed by atoms with Crippen LogP contribution in [0, 0.1) is 0 Å². The summed E-state index contributed by atoms with van der Waals surface area (Å²) in [7, 11) is 1.67. The van der Waals surface area contributed by atoms with E-state index in [0.717, 1.165) is 49.0 Å². The lowest BCUT2D eigenvalue weighted by atomic mass is 10.1. The summed E-state index contributed by atoms with van der Waals surface area (Å²) in [5.74, 6) is 1.77. The molecule has 1 fully saturated rings. The topological polar surface area (TPSA) is 57.3 Å². The minimum absolute atomic E-state index is 0.839. The normalized spacial score (nSPS) is 14.4. The SMILES string of the molecule is COc1ccc(-c2cncc(N3CCN(c4cccc5[nH]ccc45)CC3)n2)cc1. The molecular formula is C23H23N5O. The Labute approximate surface area is 169 Å². The van der Waals surface area contributed by atoms with Crippen molar-refractivity contribution in [1.82, 2.24) is 15.0 Å². The summed E-state index contributed by atoms with van der Waals surface area (Å²) >= 11 is 0. The Balaban J connectivity index is 1.32. The number of hydrogen-bond acceptors (Lipinski definition) is 5. The Morgan fingerprint density at radius 1 is 0.897 bits per heavy atom. The van der Waals surface area contributed by atoms with Crippen LogP contribution in [-0.4, -0.2) is 48.2 Å². The van der Waals surface area contributed by atoms with Crippen LogP contribution in [0.15, 0.2) is 67.1 Å². The second kappa shape index (κ2) is 7.47. The van der Waals surface area contributed by atoms with Crippen LogP contribution >= 0.6 is 0 Å². The standard InChI is InChI=1S/C23H23N5O/c1-29-18-7-5-17(6-8-18)21-15-24-16-23(26-21)28-13-11-27(12-14-28)22-4-2-3-20-19(22)9-10-25-20/h2-10,15-16,25H,11-14H2,1H3. The highest BCUT2D eigenvalue weighted by atomic mass is 16.5. The summed E-state index contributed by atoms with van der Waals surface area (Å²) in [6.07, 6.45) is 5.67. The number of H-pyrrole nitrogens is 1. The number of ether oxygens (including phenoxy) is 1. The number of methoxy groups -OCH3 is 1. The van der Waals surface area contributed by atoms with Gasteiger partial charge in [-0.3, -0.25) is 4.98 Å². The molecule has 1 N–H and O–H groups in total. The van der Waals surface area contributed by atoms with Gasteiger partial charge >= 0.3 is 0 Å². The maximum absolute atomic E-state index is 5.24. The lowest BCUT2D eigenvalue weighted by Crippen LogP contribution is -2.47. The Morgan fingerprint density at radius 2 is 1.69 bits per heavy atom.